The Morgan fingerprint density at radius 2 is 2.06 bits per heavy atom. The molecule has 31 heavy (non-hydrogen) atoms. The number of halogens is 1. The van der Waals surface area contributed by atoms with Crippen LogP contribution in [0, 0.1) is 11.2 Å². The normalized spacial score (nSPS) is 25.6. The number of cyclic esters (lactones) is 1. The van der Waals surface area contributed by atoms with Gasteiger partial charge in [0.25, 0.3) is 16.4 Å². The third kappa shape index (κ3) is 6.25. The molecule has 8 nitrogen and oxygen atoms in total. The van der Waals surface area contributed by atoms with Crippen LogP contribution in [0.3, 0.4) is 0 Å². The van der Waals surface area contributed by atoms with E-state index in [1.54, 1.807) is 6.07 Å². The van der Waals surface area contributed by atoms with E-state index in [2.05, 4.69) is 20.8 Å². The molecular weight excluding hydrogens is 443 g/mol. The van der Waals surface area contributed by atoms with Crippen molar-refractivity contribution in [1.29, 1.82) is 0 Å². The van der Waals surface area contributed by atoms with Gasteiger partial charge in [-0.25, -0.2) is 13.4 Å². The molecule has 3 atom stereocenters. The van der Waals surface area contributed by atoms with Gasteiger partial charge in [-0.05, 0) is 43.0 Å². The lowest BCUT2D eigenvalue weighted by Crippen LogP contribution is -2.51. The smallest absolute Gasteiger partial charge is 0.418 e. The van der Waals surface area contributed by atoms with Crippen LogP contribution in [-0.4, -0.2) is 66.6 Å². The maximum Gasteiger partial charge on any atom is 0.418 e. The summed E-state index contributed by atoms with van der Waals surface area (Å²) in [6.07, 6.45) is -2.20. The fraction of sp³-hybridized carbons (Fsp3) is 0.650. The molecule has 3 unspecified atom stereocenters. The Balaban J connectivity index is 1.80. The van der Waals surface area contributed by atoms with Crippen LogP contribution in [0.15, 0.2) is 24.3 Å². The second-order valence-corrected chi connectivity index (χ2v) is 12.2. The molecule has 1 aromatic carbocycles. The van der Waals surface area contributed by atoms with Crippen molar-refractivity contribution in [2.45, 2.75) is 58.7 Å². The number of ether oxygens (including phenoxy) is 1. The Morgan fingerprint density at radius 3 is 2.71 bits per heavy atom. The molecule has 11 heteroatoms. The van der Waals surface area contributed by atoms with Gasteiger partial charge in [-0.15, -0.1) is 0 Å². The summed E-state index contributed by atoms with van der Waals surface area (Å²) in [7, 11) is -4.58. The molecule has 2 fully saturated rings. The van der Waals surface area contributed by atoms with E-state index in [1.165, 1.54) is 30.0 Å². The molecule has 0 bridgehead atoms. The lowest BCUT2D eigenvalue weighted by Gasteiger charge is -2.32. The summed E-state index contributed by atoms with van der Waals surface area (Å²) < 4.78 is 54.7. The van der Waals surface area contributed by atoms with Gasteiger partial charge in [-0.1, -0.05) is 26.8 Å². The Labute approximate surface area is 185 Å². The van der Waals surface area contributed by atoms with Gasteiger partial charge >= 0.3 is 6.09 Å². The summed E-state index contributed by atoms with van der Waals surface area (Å²) in [6, 6.07) is 6.60. The molecule has 3 rings (SSSR count). The topological polar surface area (TPSA) is 85.4 Å². The number of likely N-dealkylation sites (tertiary alicyclic amines) is 1. The number of hydrogen-bond donors (Lipinski definition) is 0. The van der Waals surface area contributed by atoms with Crippen molar-refractivity contribution in [3.05, 3.63) is 30.1 Å². The first-order valence-electron chi connectivity index (χ1n) is 10.5. The van der Waals surface area contributed by atoms with E-state index in [0.717, 1.165) is 12.5 Å². The average molecular weight is 475 g/mol. The summed E-state index contributed by atoms with van der Waals surface area (Å²) in [5.74, 6) is -0.761. The molecule has 0 N–H and O–H groups in total. The minimum Gasteiger partial charge on any atom is -0.420 e. The maximum atomic E-state index is 13.8. The lowest BCUT2D eigenvalue weighted by atomic mass is 10.0. The zero-order valence-corrected chi connectivity index (χ0v) is 20.6. The zero-order chi connectivity index (χ0) is 22.8. The quantitative estimate of drug-likeness (QED) is 0.423. The van der Waals surface area contributed by atoms with Crippen LogP contribution in [0.1, 0.15) is 34.1 Å². The molecule has 2 aliphatic rings. The second kappa shape index (κ2) is 9.53. The van der Waals surface area contributed by atoms with Gasteiger partial charge in [-0.2, -0.15) is 8.42 Å². The van der Waals surface area contributed by atoms with Gasteiger partial charge in [0.2, 0.25) is 0 Å². The van der Waals surface area contributed by atoms with Gasteiger partial charge in [0.15, 0.2) is 15.9 Å². The predicted octanol–water partition coefficient (Wildman–Crippen LogP) is 2.44. The lowest BCUT2D eigenvalue weighted by molar-refractivity contribution is -0.0420. The van der Waals surface area contributed by atoms with Gasteiger partial charge in [0.1, 0.15) is 5.82 Å². The molecule has 0 aromatic heterocycles. The fourth-order valence-corrected chi connectivity index (χ4v) is 5.51. The number of amides is 1. The van der Waals surface area contributed by atoms with Crippen molar-refractivity contribution < 1.29 is 30.9 Å². The number of anilines is 1. The van der Waals surface area contributed by atoms with Crippen LogP contribution >= 0.6 is 0 Å². The van der Waals surface area contributed by atoms with Crippen LogP contribution in [0.5, 0.6) is 0 Å². The summed E-state index contributed by atoms with van der Waals surface area (Å²) >= 11 is 0. The molecule has 0 spiro atoms. The second-order valence-electron chi connectivity index (χ2n) is 9.05. The van der Waals surface area contributed by atoms with E-state index in [0.29, 0.717) is 13.1 Å². The molecule has 0 aliphatic carbocycles. The Kier molecular flexibility index (Phi) is 7.42. The highest BCUT2D eigenvalue weighted by molar-refractivity contribution is 7.86. The fourth-order valence-electron chi connectivity index (χ4n) is 3.61. The van der Waals surface area contributed by atoms with Crippen molar-refractivity contribution in [1.82, 2.24) is 4.90 Å². The minimum absolute atomic E-state index is 0.00232. The molecule has 0 saturated carbocycles. The van der Waals surface area contributed by atoms with Crippen molar-refractivity contribution >= 4 is 31.7 Å². The largest absolute Gasteiger partial charge is 0.420 e. The molecule has 2 saturated heterocycles. The summed E-state index contributed by atoms with van der Waals surface area (Å²) in [5.41, 5.74) is 0.499. The van der Waals surface area contributed by atoms with Gasteiger partial charge in [-0.3, -0.25) is 9.80 Å². The SMILES string of the molecule is CCS(=O)(=O)OC1OC(=O)N(c2cccc(F)c2)C1N1CCC(O[SiH2]CC(C)(C)C)C1. The van der Waals surface area contributed by atoms with Crippen molar-refractivity contribution in [3.63, 3.8) is 0 Å². The van der Waals surface area contributed by atoms with Crippen molar-refractivity contribution in [2.75, 3.05) is 23.7 Å². The minimum atomic E-state index is -3.88. The van der Waals surface area contributed by atoms with Crippen LogP contribution in [0.2, 0.25) is 6.04 Å². The highest BCUT2D eigenvalue weighted by Gasteiger charge is 2.50. The molecule has 1 amide bonds. The average Bonchev–Trinajstić information content (AvgIpc) is 3.24. The molecule has 174 valence electrons. The van der Waals surface area contributed by atoms with Crippen molar-refractivity contribution in [2.24, 2.45) is 5.41 Å². The van der Waals surface area contributed by atoms with E-state index >= 15 is 0 Å². The van der Waals surface area contributed by atoms with E-state index in [-0.39, 0.29) is 23.0 Å². The first-order valence-corrected chi connectivity index (χ1v) is 13.7. The molecule has 0 radical (unpaired) electrons. The van der Waals surface area contributed by atoms with Crippen molar-refractivity contribution in [3.8, 4) is 0 Å². The third-order valence-corrected chi connectivity index (χ3v) is 8.96. The summed E-state index contributed by atoms with van der Waals surface area (Å²) in [6.45, 7) is 9.07. The highest BCUT2D eigenvalue weighted by Crippen LogP contribution is 2.33. The van der Waals surface area contributed by atoms with E-state index in [9.17, 15) is 17.6 Å². The Hall–Kier alpha value is -1.53. The number of carbonyl (C=O) groups is 1. The maximum absolute atomic E-state index is 13.8. The Morgan fingerprint density at radius 1 is 1.32 bits per heavy atom. The zero-order valence-electron chi connectivity index (χ0n) is 18.4. The number of carbonyl (C=O) groups excluding carboxylic acids is 1. The van der Waals surface area contributed by atoms with Crippen LogP contribution < -0.4 is 4.90 Å². The van der Waals surface area contributed by atoms with Crippen LogP contribution in [0.4, 0.5) is 14.9 Å². The number of benzene rings is 1. The highest BCUT2D eigenvalue weighted by atomic mass is 32.2. The van der Waals surface area contributed by atoms with E-state index in [4.69, 9.17) is 13.3 Å². The standard InChI is InChI=1S/C20H31FN2O6SSi/c1-5-30(25,26)28-18-17(22-10-9-16(12-22)29-31-13-20(2,3)4)23(19(24)27-18)15-8-6-7-14(21)11-15/h6-8,11,16-18H,5,9-10,12-13,31H2,1-4H3. The van der Waals surface area contributed by atoms with Gasteiger partial charge in [0.05, 0.1) is 17.5 Å². The first-order chi connectivity index (χ1) is 14.5. The molecular formula is C20H31FN2O6SSi. The van der Waals surface area contributed by atoms with Gasteiger partial charge in [0, 0.05) is 13.1 Å². The van der Waals surface area contributed by atoms with Gasteiger partial charge < -0.3 is 9.16 Å². The number of nitrogens with zero attached hydrogens (tertiary/aromatic N) is 2. The monoisotopic (exact) mass is 474 g/mol. The number of rotatable bonds is 8. The van der Waals surface area contributed by atoms with E-state index < -0.39 is 44.2 Å². The third-order valence-electron chi connectivity index (χ3n) is 5.36. The Bertz CT molecular complexity index is 894. The molecule has 2 aliphatic heterocycles. The number of hydrogen-bond acceptors (Lipinski definition) is 7. The summed E-state index contributed by atoms with van der Waals surface area (Å²) in [5, 5.41) is 0. The van der Waals surface area contributed by atoms with Crippen LogP contribution in [-0.2, 0) is 23.5 Å². The first kappa shape index (κ1) is 24.1. The van der Waals surface area contributed by atoms with E-state index in [1.807, 2.05) is 4.90 Å². The summed E-state index contributed by atoms with van der Waals surface area (Å²) in [4.78, 5) is 15.8. The van der Waals surface area contributed by atoms with Crippen LogP contribution in [0.25, 0.3) is 0 Å². The molecule has 1 aromatic rings. The molecule has 2 heterocycles. The predicted molar refractivity (Wildman–Crippen MR) is 117 cm³/mol.